The predicted octanol–water partition coefficient (Wildman–Crippen LogP) is 4.66. The Bertz CT molecular complexity index is 955. The quantitative estimate of drug-likeness (QED) is 0.589. The van der Waals surface area contributed by atoms with Crippen LogP contribution in [0, 0.1) is 0 Å². The Hall–Kier alpha value is -3.15. The fourth-order valence-electron chi connectivity index (χ4n) is 2.89. The fraction of sp³-hybridized carbons (Fsp3) is 0.423. The van der Waals surface area contributed by atoms with E-state index < -0.39 is 6.04 Å². The average molecular weight is 438 g/mol. The van der Waals surface area contributed by atoms with Gasteiger partial charge in [-0.2, -0.15) is 0 Å². The highest BCUT2D eigenvalue weighted by Gasteiger charge is 2.20. The highest BCUT2D eigenvalue weighted by Crippen LogP contribution is 2.22. The van der Waals surface area contributed by atoms with Gasteiger partial charge in [-0.05, 0) is 74.6 Å². The summed E-state index contributed by atoms with van der Waals surface area (Å²) in [6, 6.07) is 13.3. The first-order chi connectivity index (χ1) is 14.8. The minimum absolute atomic E-state index is 0.00458. The summed E-state index contributed by atoms with van der Waals surface area (Å²) >= 11 is 0. The van der Waals surface area contributed by atoms with Crippen LogP contribution in [0.25, 0.3) is 0 Å². The van der Waals surface area contributed by atoms with Gasteiger partial charge in [-0.25, -0.2) is 0 Å². The van der Waals surface area contributed by atoms with Crippen molar-refractivity contribution in [3.05, 3.63) is 65.2 Å². The maximum absolute atomic E-state index is 12.5. The van der Waals surface area contributed by atoms with Gasteiger partial charge in [0.15, 0.2) is 0 Å². The molecule has 0 fully saturated rings. The van der Waals surface area contributed by atoms with E-state index >= 15 is 0 Å². The van der Waals surface area contributed by atoms with E-state index in [4.69, 9.17) is 0 Å². The lowest BCUT2D eigenvalue weighted by Gasteiger charge is -2.24. The molecule has 3 N–H and O–H groups in total. The van der Waals surface area contributed by atoms with Gasteiger partial charge in [-0.3, -0.25) is 14.4 Å². The van der Waals surface area contributed by atoms with Crippen molar-refractivity contribution in [1.29, 1.82) is 0 Å². The van der Waals surface area contributed by atoms with E-state index in [-0.39, 0.29) is 28.7 Å². The van der Waals surface area contributed by atoms with Crippen LogP contribution in [0.4, 0.5) is 5.69 Å². The second-order valence-corrected chi connectivity index (χ2v) is 9.78. The van der Waals surface area contributed by atoms with Crippen LogP contribution in [0.3, 0.4) is 0 Å². The van der Waals surface area contributed by atoms with E-state index in [2.05, 4.69) is 36.7 Å². The number of carbonyl (C=O) groups excluding carboxylic acids is 3. The summed E-state index contributed by atoms with van der Waals surface area (Å²) in [4.78, 5) is 37.3. The topological polar surface area (TPSA) is 87.3 Å². The molecule has 0 spiro atoms. The van der Waals surface area contributed by atoms with Crippen molar-refractivity contribution >= 4 is 23.4 Å². The normalized spacial score (nSPS) is 12.6. The lowest BCUT2D eigenvalue weighted by atomic mass is 9.86. The minimum atomic E-state index is -0.724. The summed E-state index contributed by atoms with van der Waals surface area (Å²) in [5, 5.41) is 8.46. The molecule has 0 aliphatic heterocycles. The minimum Gasteiger partial charge on any atom is -0.347 e. The molecule has 0 radical (unpaired) electrons. The maximum Gasteiger partial charge on any atom is 0.251 e. The highest BCUT2D eigenvalue weighted by molar-refractivity contribution is 6.01. The van der Waals surface area contributed by atoms with E-state index in [1.807, 2.05) is 32.9 Å². The van der Waals surface area contributed by atoms with Gasteiger partial charge in [0, 0.05) is 22.4 Å². The molecule has 32 heavy (non-hydrogen) atoms. The van der Waals surface area contributed by atoms with Crippen molar-refractivity contribution in [3.8, 4) is 0 Å². The highest BCUT2D eigenvalue weighted by atomic mass is 16.2. The molecule has 0 aliphatic carbocycles. The third-order valence-electron chi connectivity index (χ3n) is 5.50. The van der Waals surface area contributed by atoms with Gasteiger partial charge in [0.25, 0.3) is 11.8 Å². The summed E-state index contributed by atoms with van der Waals surface area (Å²) < 4.78 is 0. The first-order valence-corrected chi connectivity index (χ1v) is 11.0. The maximum atomic E-state index is 12.5. The Balaban J connectivity index is 1.94. The Labute approximate surface area is 191 Å². The van der Waals surface area contributed by atoms with Crippen LogP contribution in [0.1, 0.15) is 81.2 Å². The number of hydrogen-bond acceptors (Lipinski definition) is 3. The standard InChI is InChI=1S/C26H35N3O3/c1-8-26(6,7)29-24(32)19-11-15-21(16-12-19)28-22(30)17(2)27-23(31)18-9-13-20(14-10-18)25(3,4)5/h9-17H,8H2,1-7H3,(H,27,31)(H,28,30)(H,29,32). The smallest absolute Gasteiger partial charge is 0.251 e. The first-order valence-electron chi connectivity index (χ1n) is 11.0. The van der Waals surface area contributed by atoms with E-state index in [9.17, 15) is 14.4 Å². The molecule has 1 unspecified atom stereocenters. The van der Waals surface area contributed by atoms with E-state index in [0.717, 1.165) is 12.0 Å². The molecule has 1 atom stereocenters. The van der Waals surface area contributed by atoms with Crippen LogP contribution in [0.2, 0.25) is 0 Å². The molecule has 2 aromatic carbocycles. The van der Waals surface area contributed by atoms with E-state index in [1.54, 1.807) is 43.3 Å². The number of rotatable bonds is 7. The summed E-state index contributed by atoms with van der Waals surface area (Å²) in [7, 11) is 0. The molecule has 0 bridgehead atoms. The molecule has 6 nitrogen and oxygen atoms in total. The number of anilines is 1. The van der Waals surface area contributed by atoms with Crippen molar-refractivity contribution in [2.24, 2.45) is 0 Å². The molecule has 2 rings (SSSR count). The molecule has 0 saturated heterocycles. The number of hydrogen-bond donors (Lipinski definition) is 3. The molecule has 0 aliphatic rings. The Morgan fingerprint density at radius 3 is 1.81 bits per heavy atom. The molecule has 0 saturated carbocycles. The zero-order valence-corrected chi connectivity index (χ0v) is 20.1. The number of amides is 3. The van der Waals surface area contributed by atoms with Crippen LogP contribution in [0.15, 0.2) is 48.5 Å². The molecule has 0 heterocycles. The molecule has 0 aromatic heterocycles. The number of carbonyl (C=O) groups is 3. The predicted molar refractivity (Wildman–Crippen MR) is 129 cm³/mol. The summed E-state index contributed by atoms with van der Waals surface area (Å²) in [6.07, 6.45) is 0.817. The Morgan fingerprint density at radius 1 is 0.812 bits per heavy atom. The third-order valence-corrected chi connectivity index (χ3v) is 5.50. The zero-order valence-electron chi connectivity index (χ0n) is 20.1. The first kappa shape index (κ1) is 25.1. The Morgan fingerprint density at radius 2 is 1.31 bits per heavy atom. The van der Waals surface area contributed by atoms with E-state index in [0.29, 0.717) is 16.8 Å². The van der Waals surface area contributed by atoms with Crippen molar-refractivity contribution < 1.29 is 14.4 Å². The summed E-state index contributed by atoms with van der Waals surface area (Å²) in [6.45, 7) is 13.9. The Kier molecular flexibility index (Phi) is 7.83. The lowest BCUT2D eigenvalue weighted by molar-refractivity contribution is -0.117. The molecule has 2 aromatic rings. The van der Waals surface area contributed by atoms with Crippen LogP contribution < -0.4 is 16.0 Å². The van der Waals surface area contributed by atoms with Crippen molar-refractivity contribution in [2.45, 2.75) is 71.9 Å². The van der Waals surface area contributed by atoms with Crippen LogP contribution in [-0.2, 0) is 10.2 Å². The number of benzene rings is 2. The van der Waals surface area contributed by atoms with Gasteiger partial charge < -0.3 is 16.0 Å². The molecule has 172 valence electrons. The van der Waals surface area contributed by atoms with E-state index in [1.165, 1.54) is 0 Å². The summed E-state index contributed by atoms with van der Waals surface area (Å²) in [5.74, 6) is -0.805. The molecule has 6 heteroatoms. The van der Waals surface area contributed by atoms with Crippen molar-refractivity contribution in [3.63, 3.8) is 0 Å². The summed E-state index contributed by atoms with van der Waals surface area (Å²) in [5.41, 5.74) is 2.43. The second kappa shape index (κ2) is 9.98. The molecular formula is C26H35N3O3. The average Bonchev–Trinajstić information content (AvgIpc) is 2.73. The van der Waals surface area contributed by atoms with Gasteiger partial charge in [-0.1, -0.05) is 39.8 Å². The van der Waals surface area contributed by atoms with Gasteiger partial charge in [-0.15, -0.1) is 0 Å². The van der Waals surface area contributed by atoms with Crippen LogP contribution >= 0.6 is 0 Å². The van der Waals surface area contributed by atoms with Crippen LogP contribution in [0.5, 0.6) is 0 Å². The fourth-order valence-corrected chi connectivity index (χ4v) is 2.89. The monoisotopic (exact) mass is 437 g/mol. The van der Waals surface area contributed by atoms with Gasteiger partial charge in [0.1, 0.15) is 6.04 Å². The zero-order chi connectivity index (χ0) is 24.1. The second-order valence-electron chi connectivity index (χ2n) is 9.78. The third kappa shape index (κ3) is 6.94. The largest absolute Gasteiger partial charge is 0.347 e. The number of nitrogens with one attached hydrogen (secondary N) is 3. The van der Waals surface area contributed by atoms with Crippen molar-refractivity contribution in [1.82, 2.24) is 10.6 Å². The van der Waals surface area contributed by atoms with Crippen LogP contribution in [-0.4, -0.2) is 29.3 Å². The van der Waals surface area contributed by atoms with Crippen molar-refractivity contribution in [2.75, 3.05) is 5.32 Å². The van der Waals surface area contributed by atoms with Gasteiger partial charge in [0.2, 0.25) is 5.91 Å². The SMILES string of the molecule is CCC(C)(C)NC(=O)c1ccc(NC(=O)C(C)NC(=O)c2ccc(C(C)(C)C)cc2)cc1. The molecular weight excluding hydrogens is 402 g/mol. The van der Waals surface area contributed by atoms with Gasteiger partial charge >= 0.3 is 0 Å². The lowest BCUT2D eigenvalue weighted by Crippen LogP contribution is -2.42. The molecule has 3 amide bonds. The van der Waals surface area contributed by atoms with Gasteiger partial charge in [0.05, 0.1) is 0 Å².